The summed E-state index contributed by atoms with van der Waals surface area (Å²) in [7, 11) is 2.14. The van der Waals surface area contributed by atoms with E-state index in [4.69, 9.17) is 0 Å². The van der Waals surface area contributed by atoms with Gasteiger partial charge in [0.25, 0.3) is 0 Å². The summed E-state index contributed by atoms with van der Waals surface area (Å²) in [6.45, 7) is 7.17. The minimum atomic E-state index is 0.883. The summed E-state index contributed by atoms with van der Waals surface area (Å²) in [5.74, 6) is 0. The quantitative estimate of drug-likeness (QED) is 0.792. The van der Waals surface area contributed by atoms with Crippen LogP contribution in [0.4, 0.5) is 5.69 Å². The van der Waals surface area contributed by atoms with Gasteiger partial charge >= 0.3 is 0 Å². The van der Waals surface area contributed by atoms with Crippen LogP contribution in [-0.2, 0) is 6.54 Å². The van der Waals surface area contributed by atoms with Gasteiger partial charge in [-0.15, -0.1) is 11.3 Å². The van der Waals surface area contributed by atoms with Gasteiger partial charge in [0.15, 0.2) is 0 Å². The average molecular weight is 289 g/mol. The van der Waals surface area contributed by atoms with Gasteiger partial charge in [0.1, 0.15) is 5.01 Å². The normalized spacial score (nSPS) is 10.8. The largest absolute Gasteiger partial charge is 0.375 e. The topological polar surface area (TPSA) is 28.2 Å². The number of hydrogen-bond donors (Lipinski definition) is 1. The van der Waals surface area contributed by atoms with Crippen molar-refractivity contribution in [1.29, 1.82) is 0 Å². The van der Waals surface area contributed by atoms with Crippen LogP contribution in [0.5, 0.6) is 0 Å². The van der Waals surface area contributed by atoms with Crippen molar-refractivity contribution in [2.75, 3.05) is 25.0 Å². The fourth-order valence-electron chi connectivity index (χ4n) is 2.06. The first-order chi connectivity index (χ1) is 9.66. The highest BCUT2D eigenvalue weighted by Crippen LogP contribution is 2.16. The summed E-state index contributed by atoms with van der Waals surface area (Å²) >= 11 is 1.79. The molecule has 1 N–H and O–H groups in total. The third-order valence-corrected chi connectivity index (χ3v) is 4.47. The molecule has 0 spiro atoms. The summed E-state index contributed by atoms with van der Waals surface area (Å²) < 4.78 is 0. The Balaban J connectivity index is 1.64. The molecule has 0 saturated carbocycles. The third-order valence-electron chi connectivity index (χ3n) is 3.39. The molecule has 0 aliphatic carbocycles. The first-order valence-corrected chi connectivity index (χ1v) is 7.88. The Morgan fingerprint density at radius 3 is 2.60 bits per heavy atom. The van der Waals surface area contributed by atoms with Crippen LogP contribution >= 0.6 is 11.3 Å². The van der Waals surface area contributed by atoms with Gasteiger partial charge in [0.05, 0.1) is 5.69 Å². The average Bonchev–Trinajstić information content (AvgIpc) is 2.78. The van der Waals surface area contributed by atoms with Crippen LogP contribution in [0.25, 0.3) is 0 Å². The lowest BCUT2D eigenvalue weighted by Gasteiger charge is -2.19. The molecular formula is C16H23N3S. The predicted molar refractivity (Wildman–Crippen MR) is 87.6 cm³/mol. The maximum absolute atomic E-state index is 4.54. The Bertz CT molecular complexity index is 502. The van der Waals surface area contributed by atoms with Crippen molar-refractivity contribution >= 4 is 17.0 Å². The fourth-order valence-corrected chi connectivity index (χ4v) is 2.97. The monoisotopic (exact) mass is 289 g/mol. The first-order valence-electron chi connectivity index (χ1n) is 7.06. The summed E-state index contributed by atoms with van der Waals surface area (Å²) in [4.78, 5) is 8.15. The van der Waals surface area contributed by atoms with Crippen molar-refractivity contribution in [3.05, 3.63) is 45.9 Å². The lowest BCUT2D eigenvalue weighted by Crippen LogP contribution is -2.23. The Hall–Kier alpha value is -1.39. The number of thiazole rings is 1. The number of para-hydroxylation sites is 1. The number of aryl methyl sites for hydroxylation is 2. The van der Waals surface area contributed by atoms with Gasteiger partial charge in [-0.1, -0.05) is 18.2 Å². The van der Waals surface area contributed by atoms with Crippen LogP contribution < -0.4 is 10.2 Å². The fraction of sp³-hybridized carbons (Fsp3) is 0.438. The van der Waals surface area contributed by atoms with Crippen LogP contribution in [-0.4, -0.2) is 25.1 Å². The number of benzene rings is 1. The maximum atomic E-state index is 4.54. The SMILES string of the molecule is Cc1nc(CNCCCN(C)c2ccccc2)sc1C. The van der Waals surface area contributed by atoms with E-state index in [1.165, 1.54) is 15.6 Å². The second kappa shape index (κ2) is 7.41. The molecule has 20 heavy (non-hydrogen) atoms. The molecule has 2 rings (SSSR count). The van der Waals surface area contributed by atoms with Gasteiger partial charge in [-0.3, -0.25) is 0 Å². The second-order valence-electron chi connectivity index (χ2n) is 5.04. The molecular weight excluding hydrogens is 266 g/mol. The van der Waals surface area contributed by atoms with Gasteiger partial charge < -0.3 is 10.2 Å². The zero-order valence-electron chi connectivity index (χ0n) is 12.5. The van der Waals surface area contributed by atoms with Crippen LogP contribution in [0.1, 0.15) is 22.0 Å². The standard InChI is InChI=1S/C16H23N3S/c1-13-14(2)20-16(18-13)12-17-10-7-11-19(3)15-8-5-4-6-9-15/h4-6,8-9,17H,7,10-12H2,1-3H3. The minimum Gasteiger partial charge on any atom is -0.375 e. The highest BCUT2D eigenvalue weighted by molar-refractivity contribution is 7.11. The van der Waals surface area contributed by atoms with Gasteiger partial charge in [0, 0.05) is 30.7 Å². The molecule has 0 bridgehead atoms. The number of hydrogen-bond acceptors (Lipinski definition) is 4. The molecule has 0 aliphatic rings. The van der Waals surface area contributed by atoms with Crippen LogP contribution in [0.15, 0.2) is 30.3 Å². The zero-order valence-corrected chi connectivity index (χ0v) is 13.3. The molecule has 1 heterocycles. The third kappa shape index (κ3) is 4.32. The molecule has 4 heteroatoms. The van der Waals surface area contributed by atoms with E-state index in [-0.39, 0.29) is 0 Å². The van der Waals surface area contributed by atoms with E-state index in [0.29, 0.717) is 0 Å². The molecule has 1 aromatic carbocycles. The summed E-state index contributed by atoms with van der Waals surface area (Å²) in [6, 6.07) is 10.5. The molecule has 0 amide bonds. The molecule has 0 atom stereocenters. The van der Waals surface area contributed by atoms with E-state index in [9.17, 15) is 0 Å². The number of rotatable bonds is 7. The Kier molecular flexibility index (Phi) is 5.56. The van der Waals surface area contributed by atoms with Gasteiger partial charge in [-0.2, -0.15) is 0 Å². The van der Waals surface area contributed by atoms with E-state index < -0.39 is 0 Å². The van der Waals surface area contributed by atoms with E-state index in [1.807, 2.05) is 0 Å². The minimum absolute atomic E-state index is 0.883. The molecule has 3 nitrogen and oxygen atoms in total. The Morgan fingerprint density at radius 2 is 1.95 bits per heavy atom. The zero-order chi connectivity index (χ0) is 14.4. The predicted octanol–water partition coefficient (Wildman–Crippen LogP) is 3.38. The van der Waals surface area contributed by atoms with Crippen LogP contribution in [0.3, 0.4) is 0 Å². The van der Waals surface area contributed by atoms with E-state index in [0.717, 1.165) is 31.7 Å². The van der Waals surface area contributed by atoms with Crippen molar-refractivity contribution in [1.82, 2.24) is 10.3 Å². The molecule has 2 aromatic rings. The van der Waals surface area contributed by atoms with Gasteiger partial charge in [-0.05, 0) is 38.9 Å². The number of nitrogens with one attached hydrogen (secondary N) is 1. The van der Waals surface area contributed by atoms with Crippen molar-refractivity contribution in [3.8, 4) is 0 Å². The molecule has 0 saturated heterocycles. The number of nitrogens with zero attached hydrogens (tertiary/aromatic N) is 2. The van der Waals surface area contributed by atoms with Crippen molar-refractivity contribution in [2.24, 2.45) is 0 Å². The Labute approximate surface area is 125 Å². The molecule has 0 unspecified atom stereocenters. The van der Waals surface area contributed by atoms with Crippen molar-refractivity contribution < 1.29 is 0 Å². The Morgan fingerprint density at radius 1 is 1.20 bits per heavy atom. The summed E-state index contributed by atoms with van der Waals surface area (Å²) in [6.07, 6.45) is 1.13. The molecule has 1 aromatic heterocycles. The van der Waals surface area contributed by atoms with E-state index >= 15 is 0 Å². The highest BCUT2D eigenvalue weighted by atomic mass is 32.1. The summed E-state index contributed by atoms with van der Waals surface area (Å²) in [5.41, 5.74) is 2.44. The lowest BCUT2D eigenvalue weighted by atomic mass is 10.3. The van der Waals surface area contributed by atoms with Crippen molar-refractivity contribution in [2.45, 2.75) is 26.8 Å². The first kappa shape index (κ1) is 15.0. The maximum Gasteiger partial charge on any atom is 0.107 e. The highest BCUT2D eigenvalue weighted by Gasteiger charge is 2.03. The molecule has 108 valence electrons. The van der Waals surface area contributed by atoms with Crippen LogP contribution in [0.2, 0.25) is 0 Å². The molecule has 0 fully saturated rings. The van der Waals surface area contributed by atoms with Gasteiger partial charge in [0.2, 0.25) is 0 Å². The summed E-state index contributed by atoms with van der Waals surface area (Å²) in [5, 5.41) is 4.66. The number of aromatic nitrogens is 1. The van der Waals surface area contributed by atoms with Gasteiger partial charge in [-0.25, -0.2) is 4.98 Å². The number of anilines is 1. The second-order valence-corrected chi connectivity index (χ2v) is 6.32. The molecule has 0 aliphatic heterocycles. The van der Waals surface area contributed by atoms with E-state index in [2.05, 4.69) is 66.4 Å². The van der Waals surface area contributed by atoms with Crippen molar-refractivity contribution in [3.63, 3.8) is 0 Å². The van der Waals surface area contributed by atoms with E-state index in [1.54, 1.807) is 11.3 Å². The lowest BCUT2D eigenvalue weighted by molar-refractivity contribution is 0.643. The van der Waals surface area contributed by atoms with Crippen LogP contribution in [0, 0.1) is 13.8 Å². The molecule has 0 radical (unpaired) electrons. The smallest absolute Gasteiger partial charge is 0.107 e.